The fraction of sp³-hybridized carbons (Fsp3) is 0.500. The fourth-order valence-electron chi connectivity index (χ4n) is 1.23. The van der Waals surface area contributed by atoms with E-state index in [1.165, 1.54) is 12.8 Å². The third-order valence-corrected chi connectivity index (χ3v) is 3.11. The molecule has 0 radical (unpaired) electrons. The SMILES string of the molecule is N[C@H](c1sccc1O)C1CC1. The highest BCUT2D eigenvalue weighted by Gasteiger charge is 2.31. The van der Waals surface area contributed by atoms with E-state index in [1.54, 1.807) is 17.4 Å². The quantitative estimate of drug-likeness (QED) is 0.710. The highest BCUT2D eigenvalue weighted by molar-refractivity contribution is 7.10. The molecule has 2 rings (SSSR count). The predicted molar refractivity (Wildman–Crippen MR) is 45.6 cm³/mol. The Balaban J connectivity index is 2.20. The molecule has 60 valence electrons. The van der Waals surface area contributed by atoms with Crippen LogP contribution in [0.5, 0.6) is 5.75 Å². The molecule has 11 heavy (non-hydrogen) atoms. The van der Waals surface area contributed by atoms with Gasteiger partial charge in [-0.15, -0.1) is 11.3 Å². The molecule has 1 aromatic heterocycles. The third-order valence-electron chi connectivity index (χ3n) is 2.11. The van der Waals surface area contributed by atoms with Crippen LogP contribution in [0.1, 0.15) is 23.8 Å². The van der Waals surface area contributed by atoms with E-state index in [9.17, 15) is 5.11 Å². The molecule has 3 N–H and O–H groups in total. The van der Waals surface area contributed by atoms with Crippen molar-refractivity contribution < 1.29 is 5.11 Å². The molecule has 2 nitrogen and oxygen atoms in total. The summed E-state index contributed by atoms with van der Waals surface area (Å²) in [5.41, 5.74) is 5.90. The summed E-state index contributed by atoms with van der Waals surface area (Å²) >= 11 is 1.55. The molecule has 0 saturated heterocycles. The molecule has 0 aromatic carbocycles. The Morgan fingerprint density at radius 2 is 2.36 bits per heavy atom. The zero-order valence-electron chi connectivity index (χ0n) is 6.16. The second-order valence-electron chi connectivity index (χ2n) is 3.03. The lowest BCUT2D eigenvalue weighted by atomic mass is 10.1. The lowest BCUT2D eigenvalue weighted by molar-refractivity contribution is 0.461. The molecule has 1 heterocycles. The number of hydrogen-bond acceptors (Lipinski definition) is 3. The van der Waals surface area contributed by atoms with Gasteiger partial charge in [0.05, 0.1) is 4.88 Å². The minimum atomic E-state index is 0.0787. The van der Waals surface area contributed by atoms with Gasteiger partial charge in [-0.25, -0.2) is 0 Å². The summed E-state index contributed by atoms with van der Waals surface area (Å²) in [6.45, 7) is 0. The van der Waals surface area contributed by atoms with E-state index < -0.39 is 0 Å². The minimum Gasteiger partial charge on any atom is -0.507 e. The summed E-state index contributed by atoms with van der Waals surface area (Å²) in [5, 5.41) is 11.2. The molecule has 1 fully saturated rings. The summed E-state index contributed by atoms with van der Waals surface area (Å²) in [6, 6.07) is 1.79. The number of nitrogens with two attached hydrogens (primary N) is 1. The third kappa shape index (κ3) is 1.26. The van der Waals surface area contributed by atoms with Crippen molar-refractivity contribution in [2.24, 2.45) is 11.7 Å². The largest absolute Gasteiger partial charge is 0.507 e. The van der Waals surface area contributed by atoms with Gasteiger partial charge in [-0.1, -0.05) is 0 Å². The van der Waals surface area contributed by atoms with Crippen LogP contribution in [0.3, 0.4) is 0 Å². The zero-order chi connectivity index (χ0) is 7.84. The van der Waals surface area contributed by atoms with Crippen molar-refractivity contribution >= 4 is 11.3 Å². The van der Waals surface area contributed by atoms with Crippen molar-refractivity contribution in [1.82, 2.24) is 0 Å². The first-order valence-electron chi connectivity index (χ1n) is 3.81. The van der Waals surface area contributed by atoms with Crippen molar-refractivity contribution in [3.8, 4) is 5.75 Å². The highest BCUT2D eigenvalue weighted by Crippen LogP contribution is 2.43. The van der Waals surface area contributed by atoms with E-state index in [1.807, 2.05) is 5.38 Å². The maximum absolute atomic E-state index is 9.33. The van der Waals surface area contributed by atoms with Crippen molar-refractivity contribution in [3.05, 3.63) is 16.3 Å². The summed E-state index contributed by atoms with van der Waals surface area (Å²) < 4.78 is 0. The Labute approximate surface area is 69.7 Å². The van der Waals surface area contributed by atoms with E-state index >= 15 is 0 Å². The van der Waals surface area contributed by atoms with Gasteiger partial charge in [0.25, 0.3) is 0 Å². The molecule has 1 aliphatic rings. The molecular formula is C8H11NOS. The number of thiophene rings is 1. The van der Waals surface area contributed by atoms with Crippen LogP contribution in [-0.4, -0.2) is 5.11 Å². The van der Waals surface area contributed by atoms with E-state index in [2.05, 4.69) is 0 Å². The summed E-state index contributed by atoms with van der Waals surface area (Å²) in [7, 11) is 0. The molecule has 1 aliphatic carbocycles. The maximum atomic E-state index is 9.33. The normalized spacial score (nSPS) is 20.1. The highest BCUT2D eigenvalue weighted by atomic mass is 32.1. The van der Waals surface area contributed by atoms with E-state index in [-0.39, 0.29) is 6.04 Å². The fourth-order valence-corrected chi connectivity index (χ4v) is 2.11. The monoisotopic (exact) mass is 169 g/mol. The van der Waals surface area contributed by atoms with Crippen molar-refractivity contribution in [2.45, 2.75) is 18.9 Å². The van der Waals surface area contributed by atoms with Gasteiger partial charge in [0.15, 0.2) is 0 Å². The molecule has 0 bridgehead atoms. The van der Waals surface area contributed by atoms with E-state index in [4.69, 9.17) is 5.73 Å². The molecule has 0 unspecified atom stereocenters. The van der Waals surface area contributed by atoms with Gasteiger partial charge in [0.2, 0.25) is 0 Å². The van der Waals surface area contributed by atoms with Gasteiger partial charge >= 0.3 is 0 Å². The van der Waals surface area contributed by atoms with Gasteiger partial charge in [0, 0.05) is 6.04 Å². The topological polar surface area (TPSA) is 46.2 Å². The lowest BCUT2D eigenvalue weighted by Crippen LogP contribution is -2.10. The van der Waals surface area contributed by atoms with Crippen molar-refractivity contribution in [3.63, 3.8) is 0 Å². The van der Waals surface area contributed by atoms with E-state index in [0.717, 1.165) is 4.88 Å². The average Bonchev–Trinajstić information content (AvgIpc) is 2.74. The average molecular weight is 169 g/mol. The molecule has 1 saturated carbocycles. The number of hydrogen-bond donors (Lipinski definition) is 2. The molecule has 1 aromatic rings. The van der Waals surface area contributed by atoms with E-state index in [0.29, 0.717) is 11.7 Å². The van der Waals surface area contributed by atoms with Crippen LogP contribution < -0.4 is 5.73 Å². The first kappa shape index (κ1) is 7.13. The number of aromatic hydroxyl groups is 1. The Morgan fingerprint density at radius 1 is 1.64 bits per heavy atom. The molecule has 0 spiro atoms. The predicted octanol–water partition coefficient (Wildman–Crippen LogP) is 1.86. The Morgan fingerprint density at radius 3 is 2.82 bits per heavy atom. The molecule has 0 aliphatic heterocycles. The van der Waals surface area contributed by atoms with Crippen LogP contribution in [0.4, 0.5) is 0 Å². The minimum absolute atomic E-state index is 0.0787. The van der Waals surface area contributed by atoms with Crippen LogP contribution in [0.25, 0.3) is 0 Å². The molecule has 0 amide bonds. The zero-order valence-corrected chi connectivity index (χ0v) is 6.97. The van der Waals surface area contributed by atoms with Gasteiger partial charge in [-0.3, -0.25) is 0 Å². The van der Waals surface area contributed by atoms with Crippen LogP contribution in [0.15, 0.2) is 11.4 Å². The second kappa shape index (κ2) is 2.50. The lowest BCUT2D eigenvalue weighted by Gasteiger charge is -2.06. The standard InChI is InChI=1S/C8H11NOS/c9-7(5-1-2-5)8-6(10)3-4-11-8/h3-5,7,10H,1-2,9H2/t7-/m0/s1. The second-order valence-corrected chi connectivity index (χ2v) is 3.98. The van der Waals surface area contributed by atoms with Crippen LogP contribution >= 0.6 is 11.3 Å². The smallest absolute Gasteiger partial charge is 0.131 e. The van der Waals surface area contributed by atoms with Crippen LogP contribution in [0.2, 0.25) is 0 Å². The van der Waals surface area contributed by atoms with Gasteiger partial charge in [-0.05, 0) is 30.2 Å². The number of rotatable bonds is 2. The van der Waals surface area contributed by atoms with Crippen molar-refractivity contribution in [2.75, 3.05) is 0 Å². The molecule has 1 atom stereocenters. The van der Waals surface area contributed by atoms with Crippen LogP contribution in [-0.2, 0) is 0 Å². The Hall–Kier alpha value is -0.540. The Kier molecular flexibility index (Phi) is 1.62. The van der Waals surface area contributed by atoms with Gasteiger partial charge < -0.3 is 10.8 Å². The Bertz CT molecular complexity index is 254. The summed E-state index contributed by atoms with van der Waals surface area (Å²) in [4.78, 5) is 0.951. The van der Waals surface area contributed by atoms with Gasteiger partial charge in [0.1, 0.15) is 5.75 Å². The summed E-state index contributed by atoms with van der Waals surface area (Å²) in [6.07, 6.45) is 2.44. The first-order valence-corrected chi connectivity index (χ1v) is 4.69. The van der Waals surface area contributed by atoms with Crippen molar-refractivity contribution in [1.29, 1.82) is 0 Å². The molecule has 3 heteroatoms. The molecular weight excluding hydrogens is 158 g/mol. The van der Waals surface area contributed by atoms with Crippen LogP contribution in [0, 0.1) is 5.92 Å². The van der Waals surface area contributed by atoms with Gasteiger partial charge in [-0.2, -0.15) is 0 Å². The first-order chi connectivity index (χ1) is 5.29. The maximum Gasteiger partial charge on any atom is 0.131 e. The summed E-state index contributed by atoms with van der Waals surface area (Å²) in [5.74, 6) is 0.994.